The largest absolute Gasteiger partial charge is 0.481 e. The van der Waals surface area contributed by atoms with Crippen molar-refractivity contribution >= 4 is 23.5 Å². The number of halogens is 1. The van der Waals surface area contributed by atoms with Crippen molar-refractivity contribution < 1.29 is 19.4 Å². The lowest BCUT2D eigenvalue weighted by molar-refractivity contribution is -0.144. The lowest BCUT2D eigenvalue weighted by atomic mass is 10.0. The van der Waals surface area contributed by atoms with E-state index in [1.165, 1.54) is 4.90 Å². The van der Waals surface area contributed by atoms with Crippen LogP contribution in [0.1, 0.15) is 5.56 Å². The van der Waals surface area contributed by atoms with Gasteiger partial charge in [0.1, 0.15) is 5.92 Å². The first-order valence-corrected chi connectivity index (χ1v) is 6.67. The summed E-state index contributed by atoms with van der Waals surface area (Å²) in [5.74, 6) is -1.74. The molecule has 0 aromatic heterocycles. The van der Waals surface area contributed by atoms with E-state index >= 15 is 0 Å². The standard InChI is InChI=1S/C14H16ClNO4/c1-16(12-8-20-7-11(12)14(18)19)13(17)6-9-3-2-4-10(15)5-9/h2-5,11-12H,6-8H2,1H3,(H,18,19). The third-order valence-electron chi connectivity index (χ3n) is 3.50. The van der Waals surface area contributed by atoms with Crippen LogP contribution in [0.25, 0.3) is 0 Å². The first kappa shape index (κ1) is 14.8. The average molecular weight is 298 g/mol. The number of rotatable bonds is 4. The SMILES string of the molecule is CN(C(=O)Cc1cccc(Cl)c1)C1COCC1C(=O)O. The van der Waals surface area contributed by atoms with Crippen molar-refractivity contribution in [1.82, 2.24) is 4.90 Å². The first-order chi connectivity index (χ1) is 9.49. The van der Waals surface area contributed by atoms with Crippen LogP contribution in [0.2, 0.25) is 5.02 Å². The zero-order valence-electron chi connectivity index (χ0n) is 11.1. The average Bonchev–Trinajstić information content (AvgIpc) is 2.87. The molecule has 1 heterocycles. The van der Waals surface area contributed by atoms with E-state index in [0.717, 1.165) is 5.56 Å². The molecular formula is C14H16ClNO4. The molecule has 0 spiro atoms. The molecule has 1 aromatic carbocycles. The molecule has 5 nitrogen and oxygen atoms in total. The molecule has 1 saturated heterocycles. The van der Waals surface area contributed by atoms with Gasteiger partial charge in [-0.2, -0.15) is 0 Å². The van der Waals surface area contributed by atoms with Gasteiger partial charge in [0.25, 0.3) is 0 Å². The number of aliphatic carboxylic acids is 1. The van der Waals surface area contributed by atoms with Crippen LogP contribution in [0.5, 0.6) is 0 Å². The molecule has 1 N–H and O–H groups in total. The van der Waals surface area contributed by atoms with Crippen molar-refractivity contribution in [3.05, 3.63) is 34.9 Å². The molecule has 1 aromatic rings. The maximum Gasteiger partial charge on any atom is 0.311 e. The molecule has 2 rings (SSSR count). The van der Waals surface area contributed by atoms with Gasteiger partial charge in [0.2, 0.25) is 5.91 Å². The maximum atomic E-state index is 12.2. The summed E-state index contributed by atoms with van der Waals surface area (Å²) in [7, 11) is 1.61. The fourth-order valence-corrected chi connectivity index (χ4v) is 2.50. The van der Waals surface area contributed by atoms with Gasteiger partial charge in [0.15, 0.2) is 0 Å². The molecule has 0 radical (unpaired) electrons. The fourth-order valence-electron chi connectivity index (χ4n) is 2.29. The summed E-state index contributed by atoms with van der Waals surface area (Å²) in [4.78, 5) is 24.8. The lowest BCUT2D eigenvalue weighted by Crippen LogP contribution is -2.44. The topological polar surface area (TPSA) is 66.8 Å². The summed E-state index contributed by atoms with van der Waals surface area (Å²) in [5.41, 5.74) is 0.806. The number of amides is 1. The Morgan fingerprint density at radius 2 is 2.20 bits per heavy atom. The van der Waals surface area contributed by atoms with E-state index in [1.54, 1.807) is 25.2 Å². The lowest BCUT2D eigenvalue weighted by Gasteiger charge is -2.26. The molecule has 20 heavy (non-hydrogen) atoms. The highest BCUT2D eigenvalue weighted by Gasteiger charge is 2.38. The van der Waals surface area contributed by atoms with Crippen LogP contribution in [0.4, 0.5) is 0 Å². The van der Waals surface area contributed by atoms with E-state index in [-0.39, 0.29) is 25.5 Å². The second-order valence-corrected chi connectivity index (χ2v) is 5.30. The Labute approximate surface area is 122 Å². The second kappa shape index (κ2) is 6.24. The molecule has 2 atom stereocenters. The molecule has 0 bridgehead atoms. The number of likely N-dealkylation sites (N-methyl/N-ethyl adjacent to an activating group) is 1. The van der Waals surface area contributed by atoms with Gasteiger partial charge in [0.05, 0.1) is 25.7 Å². The van der Waals surface area contributed by atoms with Crippen molar-refractivity contribution in [1.29, 1.82) is 0 Å². The molecule has 1 fully saturated rings. The smallest absolute Gasteiger partial charge is 0.311 e. The molecule has 1 amide bonds. The Bertz CT molecular complexity index is 520. The summed E-state index contributed by atoms with van der Waals surface area (Å²) < 4.78 is 5.18. The van der Waals surface area contributed by atoms with Gasteiger partial charge < -0.3 is 14.7 Å². The number of carboxylic acid groups (broad SMARTS) is 1. The summed E-state index contributed by atoms with van der Waals surface area (Å²) >= 11 is 5.88. The predicted molar refractivity (Wildman–Crippen MR) is 73.7 cm³/mol. The van der Waals surface area contributed by atoms with E-state index in [1.807, 2.05) is 6.07 Å². The van der Waals surface area contributed by atoms with Crippen molar-refractivity contribution in [3.63, 3.8) is 0 Å². The Hall–Kier alpha value is -1.59. The van der Waals surface area contributed by atoms with E-state index in [4.69, 9.17) is 21.4 Å². The van der Waals surface area contributed by atoms with Gasteiger partial charge in [-0.1, -0.05) is 23.7 Å². The van der Waals surface area contributed by atoms with Gasteiger partial charge in [-0.3, -0.25) is 9.59 Å². The third kappa shape index (κ3) is 3.29. The van der Waals surface area contributed by atoms with Crippen LogP contribution >= 0.6 is 11.6 Å². The van der Waals surface area contributed by atoms with Crippen LogP contribution in [0, 0.1) is 5.92 Å². The zero-order valence-corrected chi connectivity index (χ0v) is 11.8. The third-order valence-corrected chi connectivity index (χ3v) is 3.74. The minimum absolute atomic E-state index is 0.144. The number of carboxylic acids is 1. The number of hydrogen-bond donors (Lipinski definition) is 1. The number of nitrogens with zero attached hydrogens (tertiary/aromatic N) is 1. The Balaban J connectivity index is 2.03. The molecule has 108 valence electrons. The van der Waals surface area contributed by atoms with Crippen molar-refractivity contribution in [2.75, 3.05) is 20.3 Å². The van der Waals surface area contributed by atoms with Gasteiger partial charge >= 0.3 is 5.97 Å². The first-order valence-electron chi connectivity index (χ1n) is 6.29. The fraction of sp³-hybridized carbons (Fsp3) is 0.429. The van der Waals surface area contributed by atoms with E-state index in [9.17, 15) is 9.59 Å². The van der Waals surface area contributed by atoms with Gasteiger partial charge in [-0.25, -0.2) is 0 Å². The van der Waals surface area contributed by atoms with E-state index < -0.39 is 17.9 Å². The maximum absolute atomic E-state index is 12.2. The van der Waals surface area contributed by atoms with Gasteiger partial charge in [-0.15, -0.1) is 0 Å². The van der Waals surface area contributed by atoms with E-state index in [0.29, 0.717) is 5.02 Å². The Kier molecular flexibility index (Phi) is 4.62. The second-order valence-electron chi connectivity index (χ2n) is 4.86. The highest BCUT2D eigenvalue weighted by atomic mass is 35.5. The highest BCUT2D eigenvalue weighted by molar-refractivity contribution is 6.30. The molecule has 1 aliphatic heterocycles. The highest BCUT2D eigenvalue weighted by Crippen LogP contribution is 2.20. The number of benzene rings is 1. The predicted octanol–water partition coefficient (Wildman–Crippen LogP) is 1.44. The minimum Gasteiger partial charge on any atom is -0.481 e. The number of ether oxygens (including phenoxy) is 1. The summed E-state index contributed by atoms with van der Waals surface area (Å²) in [6, 6.07) is 6.65. The Morgan fingerprint density at radius 3 is 2.85 bits per heavy atom. The van der Waals surface area contributed by atoms with Crippen molar-refractivity contribution in [2.45, 2.75) is 12.5 Å². The summed E-state index contributed by atoms with van der Waals surface area (Å²) in [5, 5.41) is 9.68. The molecule has 2 unspecified atom stereocenters. The van der Waals surface area contributed by atoms with Crippen LogP contribution in [-0.4, -0.2) is 48.2 Å². The molecule has 6 heteroatoms. The monoisotopic (exact) mass is 297 g/mol. The van der Waals surface area contributed by atoms with Crippen LogP contribution < -0.4 is 0 Å². The van der Waals surface area contributed by atoms with Crippen LogP contribution in [0.15, 0.2) is 24.3 Å². The van der Waals surface area contributed by atoms with Crippen LogP contribution in [0.3, 0.4) is 0 Å². The number of hydrogen-bond acceptors (Lipinski definition) is 3. The van der Waals surface area contributed by atoms with Crippen LogP contribution in [-0.2, 0) is 20.7 Å². The molecule has 1 aliphatic rings. The van der Waals surface area contributed by atoms with E-state index in [2.05, 4.69) is 0 Å². The molecule has 0 aliphatic carbocycles. The van der Waals surface area contributed by atoms with Crippen molar-refractivity contribution in [3.8, 4) is 0 Å². The summed E-state index contributed by atoms with van der Waals surface area (Å²) in [6.07, 6.45) is 0.194. The zero-order chi connectivity index (χ0) is 14.7. The normalized spacial score (nSPS) is 21.7. The molecular weight excluding hydrogens is 282 g/mol. The van der Waals surface area contributed by atoms with Crippen molar-refractivity contribution in [2.24, 2.45) is 5.92 Å². The molecule has 0 saturated carbocycles. The summed E-state index contributed by atoms with van der Waals surface area (Å²) in [6.45, 7) is 0.406. The number of carbonyl (C=O) groups excluding carboxylic acids is 1. The minimum atomic E-state index is -0.935. The number of carbonyl (C=O) groups is 2. The van der Waals surface area contributed by atoms with Gasteiger partial charge in [0, 0.05) is 12.1 Å². The quantitative estimate of drug-likeness (QED) is 0.913. The Morgan fingerprint density at radius 1 is 1.45 bits per heavy atom. The van der Waals surface area contributed by atoms with Gasteiger partial charge in [-0.05, 0) is 17.7 Å².